The Morgan fingerprint density at radius 1 is 1.24 bits per heavy atom. The van der Waals surface area contributed by atoms with Gasteiger partial charge in [0, 0.05) is 19.2 Å². The number of likely N-dealkylation sites (tertiary alicyclic amines) is 1. The number of nitrogens with one attached hydrogen (secondary N) is 1. The van der Waals surface area contributed by atoms with Crippen LogP contribution >= 0.6 is 11.6 Å². The molecule has 1 heterocycles. The Bertz CT molecular complexity index is 493. The first kappa shape index (κ1) is 16.0. The second kappa shape index (κ2) is 7.07. The monoisotopic (exact) mass is 316 g/mol. The van der Waals surface area contributed by atoms with Gasteiger partial charge in [0.1, 0.15) is 11.9 Å². The van der Waals surface area contributed by atoms with Crippen LogP contribution in [0.3, 0.4) is 0 Å². The lowest BCUT2D eigenvalue weighted by molar-refractivity contribution is -0.131. The molecule has 1 amide bonds. The molecule has 1 N–H and O–H groups in total. The molecule has 1 aliphatic heterocycles. The number of carbonyl (C=O) groups is 1. The number of hydrogen-bond donors (Lipinski definition) is 1. The van der Waals surface area contributed by atoms with Gasteiger partial charge in [-0.05, 0) is 25.8 Å². The molecule has 0 bridgehead atoms. The van der Waals surface area contributed by atoms with E-state index in [1.165, 1.54) is 0 Å². The van der Waals surface area contributed by atoms with E-state index in [1.807, 2.05) is 0 Å². The van der Waals surface area contributed by atoms with Crippen LogP contribution in [-0.2, 0) is 4.79 Å². The summed E-state index contributed by atoms with van der Waals surface area (Å²) in [5.74, 6) is -1.62. The van der Waals surface area contributed by atoms with Crippen LogP contribution in [0.25, 0.3) is 0 Å². The van der Waals surface area contributed by atoms with Crippen LogP contribution in [0, 0.1) is 11.6 Å². The summed E-state index contributed by atoms with van der Waals surface area (Å²) >= 11 is 5.83. The van der Waals surface area contributed by atoms with Crippen molar-refractivity contribution in [2.24, 2.45) is 0 Å². The Kier molecular flexibility index (Phi) is 5.39. The number of amides is 1. The van der Waals surface area contributed by atoms with Crippen molar-refractivity contribution in [1.29, 1.82) is 0 Å². The molecular formula is C15H19ClF2N2O. The Hall–Kier alpha value is -1.36. The van der Waals surface area contributed by atoms with Crippen molar-refractivity contribution < 1.29 is 13.6 Å². The molecule has 1 aromatic rings. The zero-order valence-corrected chi connectivity index (χ0v) is 12.7. The number of benzene rings is 1. The van der Waals surface area contributed by atoms with Crippen LogP contribution in [0.5, 0.6) is 0 Å². The van der Waals surface area contributed by atoms with E-state index in [1.54, 1.807) is 11.8 Å². The summed E-state index contributed by atoms with van der Waals surface area (Å²) in [5, 5.41) is 2.69. The average Bonchev–Trinajstić information content (AvgIpc) is 2.70. The lowest BCUT2D eigenvalue weighted by Gasteiger charge is -2.25. The van der Waals surface area contributed by atoms with E-state index in [4.69, 9.17) is 11.6 Å². The fourth-order valence-electron chi connectivity index (χ4n) is 2.52. The van der Waals surface area contributed by atoms with E-state index < -0.39 is 17.7 Å². The molecule has 1 atom stereocenters. The van der Waals surface area contributed by atoms with Crippen molar-refractivity contribution in [2.45, 2.75) is 38.6 Å². The topological polar surface area (TPSA) is 32.3 Å². The van der Waals surface area contributed by atoms with E-state index in [0.717, 1.165) is 50.9 Å². The van der Waals surface area contributed by atoms with Crippen molar-refractivity contribution in [1.82, 2.24) is 4.90 Å². The maximum absolute atomic E-state index is 13.7. The first-order valence-electron chi connectivity index (χ1n) is 7.19. The fraction of sp³-hybridized carbons (Fsp3) is 0.533. The van der Waals surface area contributed by atoms with Crippen LogP contribution in [-0.4, -0.2) is 29.9 Å². The molecule has 0 spiro atoms. The molecule has 0 saturated carbocycles. The van der Waals surface area contributed by atoms with Gasteiger partial charge in [-0.15, -0.1) is 0 Å². The summed E-state index contributed by atoms with van der Waals surface area (Å²) in [6, 6.07) is 1.16. The van der Waals surface area contributed by atoms with Crippen molar-refractivity contribution >= 4 is 23.2 Å². The highest BCUT2D eigenvalue weighted by Crippen LogP contribution is 2.27. The van der Waals surface area contributed by atoms with Gasteiger partial charge in [-0.1, -0.05) is 24.4 Å². The number of carbonyl (C=O) groups excluding carboxylic acids is 1. The van der Waals surface area contributed by atoms with Gasteiger partial charge in [0.15, 0.2) is 5.82 Å². The Balaban J connectivity index is 2.06. The number of rotatable bonds is 3. The molecule has 116 valence electrons. The molecule has 1 fully saturated rings. The number of nitrogens with zero attached hydrogens (tertiary/aromatic N) is 1. The average molecular weight is 317 g/mol. The van der Waals surface area contributed by atoms with Gasteiger partial charge < -0.3 is 10.2 Å². The van der Waals surface area contributed by atoms with E-state index in [0.29, 0.717) is 0 Å². The highest BCUT2D eigenvalue weighted by molar-refractivity contribution is 6.33. The minimum Gasteiger partial charge on any atom is -0.370 e. The third-order valence-electron chi connectivity index (χ3n) is 3.66. The van der Waals surface area contributed by atoms with Crippen molar-refractivity contribution in [3.63, 3.8) is 0 Å². The third-order valence-corrected chi connectivity index (χ3v) is 3.95. The van der Waals surface area contributed by atoms with Crippen LogP contribution in [0.2, 0.25) is 5.02 Å². The summed E-state index contributed by atoms with van der Waals surface area (Å²) < 4.78 is 26.7. The largest absolute Gasteiger partial charge is 0.370 e. The predicted octanol–water partition coefficient (Wildman–Crippen LogP) is 3.82. The highest BCUT2D eigenvalue weighted by atomic mass is 35.5. The van der Waals surface area contributed by atoms with Crippen molar-refractivity contribution in [2.75, 3.05) is 18.4 Å². The third kappa shape index (κ3) is 4.06. The first-order chi connectivity index (χ1) is 9.99. The first-order valence-corrected chi connectivity index (χ1v) is 7.56. The van der Waals surface area contributed by atoms with Gasteiger partial charge in [-0.3, -0.25) is 4.79 Å². The zero-order valence-electron chi connectivity index (χ0n) is 12.0. The summed E-state index contributed by atoms with van der Waals surface area (Å²) in [4.78, 5) is 14.2. The van der Waals surface area contributed by atoms with Gasteiger partial charge >= 0.3 is 0 Å². The van der Waals surface area contributed by atoms with Crippen LogP contribution in [0.15, 0.2) is 12.1 Å². The fourth-order valence-corrected chi connectivity index (χ4v) is 2.77. The lowest BCUT2D eigenvalue weighted by Crippen LogP contribution is -2.42. The summed E-state index contributed by atoms with van der Waals surface area (Å²) in [6.45, 7) is 3.11. The summed E-state index contributed by atoms with van der Waals surface area (Å²) in [6.07, 6.45) is 4.24. The van der Waals surface area contributed by atoms with Gasteiger partial charge in [0.05, 0.1) is 10.7 Å². The molecule has 6 heteroatoms. The van der Waals surface area contributed by atoms with Gasteiger partial charge in [-0.25, -0.2) is 8.78 Å². The quantitative estimate of drug-likeness (QED) is 0.919. The Labute approximate surface area is 128 Å². The second-order valence-corrected chi connectivity index (χ2v) is 5.76. The standard InChI is InChI=1S/C15H19ClF2N2O/c1-10(15(21)20-6-4-2-3-5-7-20)19-14-12(16)8-11(17)9-13(14)18/h8-10,19H,2-7H2,1H3. The van der Waals surface area contributed by atoms with Crippen molar-refractivity contribution in [3.8, 4) is 0 Å². The number of anilines is 1. The smallest absolute Gasteiger partial charge is 0.244 e. The summed E-state index contributed by atoms with van der Waals surface area (Å²) in [5.41, 5.74) is -0.0336. The highest BCUT2D eigenvalue weighted by Gasteiger charge is 2.23. The Morgan fingerprint density at radius 2 is 1.86 bits per heavy atom. The van der Waals surface area contributed by atoms with E-state index in [2.05, 4.69) is 5.32 Å². The maximum atomic E-state index is 13.7. The maximum Gasteiger partial charge on any atom is 0.244 e. The molecule has 0 aliphatic carbocycles. The predicted molar refractivity (Wildman–Crippen MR) is 79.5 cm³/mol. The molecule has 21 heavy (non-hydrogen) atoms. The minimum absolute atomic E-state index is 0.0336. The molecule has 1 unspecified atom stereocenters. The molecule has 1 saturated heterocycles. The molecular weight excluding hydrogens is 298 g/mol. The Morgan fingerprint density at radius 3 is 2.43 bits per heavy atom. The van der Waals surface area contributed by atoms with E-state index in [-0.39, 0.29) is 16.6 Å². The van der Waals surface area contributed by atoms with Gasteiger partial charge in [0.25, 0.3) is 0 Å². The van der Waals surface area contributed by atoms with E-state index >= 15 is 0 Å². The molecule has 0 aromatic heterocycles. The molecule has 0 radical (unpaired) electrons. The van der Waals surface area contributed by atoms with Gasteiger partial charge in [-0.2, -0.15) is 0 Å². The molecule has 3 nitrogen and oxygen atoms in total. The number of hydrogen-bond acceptors (Lipinski definition) is 2. The van der Waals surface area contributed by atoms with Gasteiger partial charge in [0.2, 0.25) is 5.91 Å². The normalized spacial score (nSPS) is 17.2. The minimum atomic E-state index is -0.796. The molecule has 2 rings (SSSR count). The SMILES string of the molecule is CC(Nc1c(F)cc(F)cc1Cl)C(=O)N1CCCCCC1. The lowest BCUT2D eigenvalue weighted by atomic mass is 10.2. The van der Waals surface area contributed by atoms with Crippen LogP contribution in [0.4, 0.5) is 14.5 Å². The molecule has 1 aliphatic rings. The molecule has 1 aromatic carbocycles. The zero-order chi connectivity index (χ0) is 15.4. The second-order valence-electron chi connectivity index (χ2n) is 5.35. The van der Waals surface area contributed by atoms with Crippen molar-refractivity contribution in [3.05, 3.63) is 28.8 Å². The summed E-state index contributed by atoms with van der Waals surface area (Å²) in [7, 11) is 0. The van der Waals surface area contributed by atoms with E-state index in [9.17, 15) is 13.6 Å². The van der Waals surface area contributed by atoms with Crippen LogP contribution < -0.4 is 5.32 Å². The number of halogens is 3. The van der Waals surface area contributed by atoms with Crippen LogP contribution in [0.1, 0.15) is 32.6 Å².